The van der Waals surface area contributed by atoms with Crippen LogP contribution in [0.2, 0.25) is 0 Å². The number of methoxy groups -OCH3 is 2. The van der Waals surface area contributed by atoms with Gasteiger partial charge in [0.15, 0.2) is 0 Å². The quantitative estimate of drug-likeness (QED) is 0.133. The van der Waals surface area contributed by atoms with Crippen LogP contribution >= 0.6 is 0 Å². The Labute approximate surface area is 208 Å². The van der Waals surface area contributed by atoms with Crippen molar-refractivity contribution in [1.82, 2.24) is 4.90 Å². The van der Waals surface area contributed by atoms with Crippen LogP contribution in [0, 0.1) is 0 Å². The summed E-state index contributed by atoms with van der Waals surface area (Å²) < 4.78 is 72.0. The van der Waals surface area contributed by atoms with Gasteiger partial charge in [0.2, 0.25) is 0 Å². The Morgan fingerprint density at radius 2 is 1.12 bits per heavy atom. The van der Waals surface area contributed by atoms with Crippen LogP contribution < -0.4 is 0 Å². The first-order valence-corrected chi connectivity index (χ1v) is 14.5. The number of likely N-dealkylation sites (N-methyl/N-ethyl adjacent to an activating group) is 1. The van der Waals surface area contributed by atoms with E-state index in [4.69, 9.17) is 23.5 Å². The highest BCUT2D eigenvalue weighted by Crippen LogP contribution is 1.94. The van der Waals surface area contributed by atoms with E-state index in [0.29, 0.717) is 32.7 Å². The molecule has 0 spiro atoms. The maximum absolute atomic E-state index is 10.4. The summed E-state index contributed by atoms with van der Waals surface area (Å²) >= 11 is 0. The molecule has 0 saturated carbocycles. The van der Waals surface area contributed by atoms with Crippen LogP contribution in [0.15, 0.2) is 0 Å². The minimum absolute atomic E-state index is 0.0581. The number of quaternary nitrogens is 1. The van der Waals surface area contributed by atoms with E-state index < -0.39 is 20.2 Å². The molecule has 0 atom stereocenters. The Morgan fingerprint density at radius 1 is 0.765 bits per heavy atom. The van der Waals surface area contributed by atoms with E-state index in [1.165, 1.54) is 0 Å². The van der Waals surface area contributed by atoms with Gasteiger partial charge in [-0.05, 0) is 27.6 Å². The number of hydrogen-bond acceptors (Lipinski definition) is 10. The highest BCUT2D eigenvalue weighted by molar-refractivity contribution is 7.86. The Hall–Kier alpha value is -0.420. The molecular weight excluding hydrogens is 492 g/mol. The normalized spacial score (nSPS) is 11.5. The number of nitrogens with zero attached hydrogens (tertiary/aromatic N) is 2. The summed E-state index contributed by atoms with van der Waals surface area (Å²) in [5.74, 6) is 0. The van der Waals surface area contributed by atoms with Gasteiger partial charge in [-0.2, -0.15) is 16.8 Å². The molecule has 0 aliphatic heterocycles. The van der Waals surface area contributed by atoms with E-state index in [1.54, 1.807) is 14.2 Å². The van der Waals surface area contributed by atoms with E-state index in [2.05, 4.69) is 51.1 Å². The van der Waals surface area contributed by atoms with Gasteiger partial charge in [-0.1, -0.05) is 6.92 Å². The monoisotopic (exact) mass is 543 g/mol. The van der Waals surface area contributed by atoms with Crippen molar-refractivity contribution in [1.29, 1.82) is 0 Å². The topological polar surface area (TPSA) is 138 Å². The van der Waals surface area contributed by atoms with Crippen molar-refractivity contribution in [2.24, 2.45) is 0 Å². The molecule has 1 N–H and O–H groups in total. The lowest BCUT2D eigenvalue weighted by Crippen LogP contribution is -2.42. The van der Waals surface area contributed by atoms with Crippen molar-refractivity contribution in [2.75, 3.05) is 121 Å². The summed E-state index contributed by atoms with van der Waals surface area (Å²) in [7, 11) is 4.79. The van der Waals surface area contributed by atoms with Gasteiger partial charge in [0.05, 0.1) is 79.4 Å². The first-order chi connectivity index (χ1) is 15.5. The molecule has 0 aliphatic rings. The zero-order valence-electron chi connectivity index (χ0n) is 22.9. The van der Waals surface area contributed by atoms with E-state index >= 15 is 0 Å². The molecule has 0 bridgehead atoms. The van der Waals surface area contributed by atoms with Gasteiger partial charge in [-0.3, -0.25) is 8.74 Å². The number of rotatable bonds is 15. The highest BCUT2D eigenvalue weighted by atomic mass is 32.2. The van der Waals surface area contributed by atoms with Gasteiger partial charge < -0.3 is 28.3 Å². The second-order valence-electron chi connectivity index (χ2n) is 7.84. The maximum Gasteiger partial charge on any atom is 0.264 e. The molecule has 12 nitrogen and oxygen atoms in total. The molecule has 0 unspecified atom stereocenters. The SMILES string of the molecule is CCN(C)C.CC[N+](C)(C)CCOCCOC.COCCOCCOS(C)(=O)=O.CS(=O)(=O)O. The standard InChI is InChI=1S/C9H22NO2.C6H14O5S.C4H11N.CH4O3S/c1-5-10(2,3)6-7-12-9-8-11-4;1-9-3-4-10-5-6-11-12(2,7)8;1-4-5(2)3;1-5(2,3)4/h5-9H2,1-4H3;3-6H2,1-2H3;4H2,1-3H3;1H3,(H,2,3,4)/q+1;;;. The Bertz CT molecular complexity index is 605. The van der Waals surface area contributed by atoms with Crippen molar-refractivity contribution in [2.45, 2.75) is 13.8 Å². The van der Waals surface area contributed by atoms with E-state index in [-0.39, 0.29) is 13.2 Å². The van der Waals surface area contributed by atoms with Crippen molar-refractivity contribution >= 4 is 20.2 Å². The summed E-state index contributed by atoms with van der Waals surface area (Å²) in [5.41, 5.74) is 0. The summed E-state index contributed by atoms with van der Waals surface area (Å²) in [5, 5.41) is 0. The van der Waals surface area contributed by atoms with Crippen LogP contribution in [0.1, 0.15) is 13.8 Å². The molecule has 0 aliphatic carbocycles. The van der Waals surface area contributed by atoms with Crippen LogP contribution in [-0.2, 0) is 43.4 Å². The fourth-order valence-electron chi connectivity index (χ4n) is 1.20. The molecule has 0 fully saturated rings. The number of hydrogen-bond donors (Lipinski definition) is 1. The van der Waals surface area contributed by atoms with Gasteiger partial charge >= 0.3 is 0 Å². The van der Waals surface area contributed by atoms with Crippen molar-refractivity contribution in [3.63, 3.8) is 0 Å². The molecule has 212 valence electrons. The van der Waals surface area contributed by atoms with Crippen LogP contribution in [0.25, 0.3) is 0 Å². The lowest BCUT2D eigenvalue weighted by Gasteiger charge is -2.27. The minimum Gasteiger partial charge on any atom is -0.382 e. The lowest BCUT2D eigenvalue weighted by molar-refractivity contribution is -0.888. The molecule has 0 saturated heterocycles. The van der Waals surface area contributed by atoms with Crippen molar-refractivity contribution in [3.8, 4) is 0 Å². The molecule has 0 heterocycles. The number of ether oxygens (including phenoxy) is 4. The summed E-state index contributed by atoms with van der Waals surface area (Å²) in [4.78, 5) is 2.12. The molecular formula is C20H51N2O10S2+. The predicted octanol–water partition coefficient (Wildman–Crippen LogP) is 0.443. The van der Waals surface area contributed by atoms with E-state index in [0.717, 1.165) is 37.0 Å². The zero-order valence-corrected chi connectivity index (χ0v) is 24.5. The molecule has 0 aromatic carbocycles. The molecule has 0 amide bonds. The van der Waals surface area contributed by atoms with E-state index in [9.17, 15) is 16.8 Å². The van der Waals surface area contributed by atoms with Gasteiger partial charge in [0.25, 0.3) is 20.2 Å². The maximum atomic E-state index is 10.4. The Morgan fingerprint density at radius 3 is 1.41 bits per heavy atom. The third-order valence-corrected chi connectivity index (χ3v) is 4.31. The van der Waals surface area contributed by atoms with Gasteiger partial charge in [-0.25, -0.2) is 0 Å². The van der Waals surface area contributed by atoms with Crippen LogP contribution in [0.3, 0.4) is 0 Å². The molecule has 0 aromatic rings. The molecule has 0 aromatic heterocycles. The fourth-order valence-corrected chi connectivity index (χ4v) is 1.57. The summed E-state index contributed by atoms with van der Waals surface area (Å²) in [6.07, 6.45) is 1.72. The van der Waals surface area contributed by atoms with Crippen LogP contribution in [0.5, 0.6) is 0 Å². The average Bonchev–Trinajstić information content (AvgIpc) is 2.69. The molecule has 14 heteroatoms. The van der Waals surface area contributed by atoms with Crippen LogP contribution in [-0.4, -0.2) is 152 Å². The third kappa shape index (κ3) is 63.4. The lowest BCUT2D eigenvalue weighted by atomic mass is 10.4. The second-order valence-corrected chi connectivity index (χ2v) is 11.0. The zero-order chi connectivity index (χ0) is 27.7. The minimum atomic E-state index is -3.67. The third-order valence-electron chi connectivity index (χ3n) is 3.72. The van der Waals surface area contributed by atoms with Gasteiger partial charge in [0, 0.05) is 14.2 Å². The smallest absolute Gasteiger partial charge is 0.264 e. The van der Waals surface area contributed by atoms with Gasteiger partial charge in [-0.15, -0.1) is 0 Å². The molecule has 0 radical (unpaired) electrons. The van der Waals surface area contributed by atoms with E-state index in [1.807, 2.05) is 0 Å². The Kier molecular flexibility index (Phi) is 30.8. The van der Waals surface area contributed by atoms with Crippen LogP contribution in [0.4, 0.5) is 0 Å². The second kappa shape index (κ2) is 25.7. The highest BCUT2D eigenvalue weighted by Gasteiger charge is 2.10. The van der Waals surface area contributed by atoms with Gasteiger partial charge in [0.1, 0.15) is 6.54 Å². The molecule has 0 rings (SSSR count). The van der Waals surface area contributed by atoms with Crippen molar-refractivity contribution in [3.05, 3.63) is 0 Å². The predicted molar refractivity (Wildman–Crippen MR) is 135 cm³/mol. The largest absolute Gasteiger partial charge is 0.382 e. The Balaban J connectivity index is -0.000000191. The fraction of sp³-hybridized carbons (Fsp3) is 1.00. The molecule has 34 heavy (non-hydrogen) atoms. The summed E-state index contributed by atoms with van der Waals surface area (Å²) in [6.45, 7) is 11.2. The summed E-state index contributed by atoms with van der Waals surface area (Å²) in [6, 6.07) is 0. The van der Waals surface area contributed by atoms with Crippen molar-refractivity contribution < 1.29 is 49.0 Å². The first kappa shape index (κ1) is 40.7. The first-order valence-electron chi connectivity index (χ1n) is 10.8. The average molecular weight is 544 g/mol.